The van der Waals surface area contributed by atoms with Crippen LogP contribution in [0.25, 0.3) is 4.96 Å². The first kappa shape index (κ1) is 22.7. The maximum absolute atomic E-state index is 13.0. The van der Waals surface area contributed by atoms with Crippen molar-refractivity contribution in [3.8, 4) is 0 Å². The summed E-state index contributed by atoms with van der Waals surface area (Å²) in [6, 6.07) is 5.50. The lowest BCUT2D eigenvalue weighted by Crippen LogP contribution is -2.52. The van der Waals surface area contributed by atoms with Crippen LogP contribution in [0.1, 0.15) is 11.3 Å². The number of benzene rings is 1. The number of thiazole rings is 1. The fraction of sp³-hybridized carbons (Fsp3) is 0.368. The molecule has 30 heavy (non-hydrogen) atoms. The smallest absolute Gasteiger partial charge is 0.368 e. The van der Waals surface area contributed by atoms with Gasteiger partial charge in [-0.3, -0.25) is 9.39 Å². The Kier molecular flexibility index (Phi) is 7.11. The van der Waals surface area contributed by atoms with E-state index in [4.69, 9.17) is 0 Å². The molecule has 1 aliphatic heterocycles. The van der Waals surface area contributed by atoms with E-state index in [1.54, 1.807) is 24.5 Å². The van der Waals surface area contributed by atoms with Gasteiger partial charge in [-0.15, -0.1) is 35.3 Å². The second kappa shape index (κ2) is 9.41. The van der Waals surface area contributed by atoms with Gasteiger partial charge in [-0.2, -0.15) is 13.2 Å². The average molecular weight is 550 g/mol. The fourth-order valence-electron chi connectivity index (χ4n) is 3.42. The Bertz CT molecular complexity index is 979. The number of nitrogens with one attached hydrogen (secondary N) is 1. The molecular formula is C19H22F3IN6S. The van der Waals surface area contributed by atoms with E-state index in [1.807, 2.05) is 27.1 Å². The van der Waals surface area contributed by atoms with Crippen molar-refractivity contribution < 1.29 is 13.2 Å². The van der Waals surface area contributed by atoms with E-state index in [0.717, 1.165) is 22.7 Å². The minimum atomic E-state index is -4.33. The van der Waals surface area contributed by atoms with E-state index in [-0.39, 0.29) is 24.0 Å². The summed E-state index contributed by atoms with van der Waals surface area (Å²) in [5, 5.41) is 5.32. The van der Waals surface area contributed by atoms with Crippen LogP contribution in [0, 0.1) is 0 Å². The van der Waals surface area contributed by atoms with Gasteiger partial charge in [-0.05, 0) is 18.2 Å². The molecule has 0 unspecified atom stereocenters. The molecule has 0 saturated carbocycles. The molecule has 3 heterocycles. The number of hydrogen-bond donors (Lipinski definition) is 1. The summed E-state index contributed by atoms with van der Waals surface area (Å²) in [6.45, 7) is 3.17. The van der Waals surface area contributed by atoms with Crippen molar-refractivity contribution in [1.29, 1.82) is 0 Å². The van der Waals surface area contributed by atoms with Gasteiger partial charge in [0.1, 0.15) is 0 Å². The van der Waals surface area contributed by atoms with Crippen LogP contribution in [-0.4, -0.2) is 53.5 Å². The lowest BCUT2D eigenvalue weighted by atomic mass is 10.1. The maximum atomic E-state index is 13.0. The van der Waals surface area contributed by atoms with Gasteiger partial charge in [0.25, 0.3) is 0 Å². The van der Waals surface area contributed by atoms with Gasteiger partial charge in [0, 0.05) is 56.7 Å². The second-order valence-electron chi connectivity index (χ2n) is 6.75. The molecule has 0 bridgehead atoms. The number of guanidine groups is 1. The van der Waals surface area contributed by atoms with Crippen molar-refractivity contribution in [2.45, 2.75) is 12.7 Å². The molecule has 0 spiro atoms. The largest absolute Gasteiger partial charge is 0.416 e. The molecule has 3 aromatic rings. The van der Waals surface area contributed by atoms with Gasteiger partial charge in [0.15, 0.2) is 10.9 Å². The SMILES string of the molecule is CN=C(NCc1cn2ccsc2n1)N1CCN(c2cccc(C(F)(F)F)c2)CC1.I. The number of imidazole rings is 1. The number of halogens is 4. The van der Waals surface area contributed by atoms with Gasteiger partial charge in [-0.1, -0.05) is 6.07 Å². The lowest BCUT2D eigenvalue weighted by molar-refractivity contribution is -0.137. The molecule has 1 aromatic carbocycles. The molecule has 0 amide bonds. The van der Waals surface area contributed by atoms with Crippen molar-refractivity contribution in [2.24, 2.45) is 4.99 Å². The van der Waals surface area contributed by atoms with E-state index < -0.39 is 11.7 Å². The Hall–Kier alpha value is -2.02. The highest BCUT2D eigenvalue weighted by atomic mass is 127. The van der Waals surface area contributed by atoms with Crippen LogP contribution in [0.3, 0.4) is 0 Å². The van der Waals surface area contributed by atoms with Crippen molar-refractivity contribution in [1.82, 2.24) is 19.6 Å². The Morgan fingerprint density at radius 2 is 2.00 bits per heavy atom. The molecular weight excluding hydrogens is 528 g/mol. The molecule has 0 radical (unpaired) electrons. The van der Waals surface area contributed by atoms with Crippen LogP contribution >= 0.6 is 35.3 Å². The molecule has 1 fully saturated rings. The third-order valence-corrected chi connectivity index (χ3v) is 5.67. The van der Waals surface area contributed by atoms with Gasteiger partial charge < -0.3 is 15.1 Å². The highest BCUT2D eigenvalue weighted by Gasteiger charge is 2.31. The molecule has 4 rings (SSSR count). The number of alkyl halides is 3. The first-order valence-corrected chi connectivity index (χ1v) is 10.1. The van der Waals surface area contributed by atoms with Crippen molar-refractivity contribution >= 4 is 51.9 Å². The van der Waals surface area contributed by atoms with Crippen molar-refractivity contribution in [3.63, 3.8) is 0 Å². The van der Waals surface area contributed by atoms with E-state index in [9.17, 15) is 13.2 Å². The zero-order chi connectivity index (χ0) is 20.4. The van der Waals surface area contributed by atoms with Crippen molar-refractivity contribution in [2.75, 3.05) is 38.1 Å². The number of anilines is 1. The van der Waals surface area contributed by atoms with E-state index >= 15 is 0 Å². The molecule has 6 nitrogen and oxygen atoms in total. The van der Waals surface area contributed by atoms with E-state index in [1.165, 1.54) is 12.1 Å². The Morgan fingerprint density at radius 1 is 1.23 bits per heavy atom. The van der Waals surface area contributed by atoms with E-state index in [0.29, 0.717) is 38.4 Å². The summed E-state index contributed by atoms with van der Waals surface area (Å²) in [6.07, 6.45) is -0.374. The number of fused-ring (bicyclic) bond motifs is 1. The monoisotopic (exact) mass is 550 g/mol. The molecule has 1 N–H and O–H groups in total. The lowest BCUT2D eigenvalue weighted by Gasteiger charge is -2.37. The van der Waals surface area contributed by atoms with Crippen molar-refractivity contribution in [3.05, 3.63) is 53.3 Å². The number of hydrogen-bond acceptors (Lipinski definition) is 4. The molecule has 1 saturated heterocycles. The minimum Gasteiger partial charge on any atom is -0.368 e. The van der Waals surface area contributed by atoms with Crippen LogP contribution in [-0.2, 0) is 12.7 Å². The first-order chi connectivity index (χ1) is 13.9. The molecule has 11 heteroatoms. The summed E-state index contributed by atoms with van der Waals surface area (Å²) < 4.78 is 40.9. The average Bonchev–Trinajstić information content (AvgIpc) is 3.30. The summed E-state index contributed by atoms with van der Waals surface area (Å²) in [5.41, 5.74) is 0.913. The molecule has 0 atom stereocenters. The summed E-state index contributed by atoms with van der Waals surface area (Å²) in [7, 11) is 1.73. The zero-order valence-corrected chi connectivity index (χ0v) is 19.4. The number of nitrogens with zero attached hydrogens (tertiary/aromatic N) is 5. The van der Waals surface area contributed by atoms with Crippen LogP contribution in [0.5, 0.6) is 0 Å². The standard InChI is InChI=1S/C19H21F3N6S.HI/c1-23-17(24-12-15-13-28-9-10-29-18(28)25-15)27-7-5-26(6-8-27)16-4-2-3-14(11-16)19(20,21)22;/h2-4,9-11,13H,5-8,12H2,1H3,(H,23,24);1H. The predicted molar refractivity (Wildman–Crippen MR) is 124 cm³/mol. The van der Waals surface area contributed by atoms with E-state index in [2.05, 4.69) is 20.2 Å². The minimum absolute atomic E-state index is 0. The molecule has 162 valence electrons. The highest BCUT2D eigenvalue weighted by molar-refractivity contribution is 14.0. The van der Waals surface area contributed by atoms with Crippen LogP contribution in [0.2, 0.25) is 0 Å². The first-order valence-electron chi connectivity index (χ1n) is 9.23. The van der Waals surface area contributed by atoms with Crippen LogP contribution in [0.15, 0.2) is 47.0 Å². The second-order valence-corrected chi connectivity index (χ2v) is 7.62. The van der Waals surface area contributed by atoms with Gasteiger partial charge >= 0.3 is 6.18 Å². The summed E-state index contributed by atoms with van der Waals surface area (Å²) >= 11 is 1.58. The number of piperazine rings is 1. The Balaban J connectivity index is 0.00000256. The third-order valence-electron chi connectivity index (χ3n) is 4.90. The fourth-order valence-corrected chi connectivity index (χ4v) is 4.14. The number of aliphatic imine (C=N–C) groups is 1. The van der Waals surface area contributed by atoms with Gasteiger partial charge in [-0.25, -0.2) is 4.98 Å². The van der Waals surface area contributed by atoms with Crippen LogP contribution < -0.4 is 10.2 Å². The Labute approximate surface area is 193 Å². The molecule has 2 aromatic heterocycles. The topological polar surface area (TPSA) is 48.2 Å². The van der Waals surface area contributed by atoms with Gasteiger partial charge in [0.2, 0.25) is 0 Å². The predicted octanol–water partition coefficient (Wildman–Crippen LogP) is 3.93. The molecule has 1 aliphatic rings. The van der Waals surface area contributed by atoms with Gasteiger partial charge in [0.05, 0.1) is 17.8 Å². The molecule has 0 aliphatic carbocycles. The summed E-state index contributed by atoms with van der Waals surface area (Å²) in [4.78, 5) is 13.9. The van der Waals surface area contributed by atoms with Crippen LogP contribution in [0.4, 0.5) is 18.9 Å². The zero-order valence-electron chi connectivity index (χ0n) is 16.3. The number of aromatic nitrogens is 2. The Morgan fingerprint density at radius 3 is 2.67 bits per heavy atom. The normalized spacial score (nSPS) is 15.4. The third kappa shape index (κ3) is 4.99. The highest BCUT2D eigenvalue weighted by Crippen LogP contribution is 2.31. The quantitative estimate of drug-likeness (QED) is 0.305. The maximum Gasteiger partial charge on any atom is 0.416 e. The summed E-state index contributed by atoms with van der Waals surface area (Å²) in [5.74, 6) is 0.769. The number of rotatable bonds is 3.